The molecule has 4 nitrogen and oxygen atoms in total. The van der Waals surface area contributed by atoms with Gasteiger partial charge in [0, 0.05) is 13.1 Å². The number of carboxylic acids is 1. The normalized spacial score (nSPS) is 28.1. The SMILES string of the molecule is CC1CCCN(C(=O)C2(C(=O)O)CCC2)CC1. The lowest BCUT2D eigenvalue weighted by Crippen LogP contribution is -2.52. The molecule has 1 unspecified atom stereocenters. The molecule has 0 radical (unpaired) electrons. The molecule has 0 aromatic heterocycles. The van der Waals surface area contributed by atoms with Crippen LogP contribution >= 0.6 is 0 Å². The van der Waals surface area contributed by atoms with Crippen LogP contribution in [0.4, 0.5) is 0 Å². The molecule has 2 fully saturated rings. The lowest BCUT2D eigenvalue weighted by atomic mass is 9.67. The van der Waals surface area contributed by atoms with Gasteiger partial charge in [0.2, 0.25) is 5.91 Å². The Bertz CT molecular complexity index is 323. The van der Waals surface area contributed by atoms with Crippen LogP contribution in [0, 0.1) is 11.3 Å². The summed E-state index contributed by atoms with van der Waals surface area (Å²) in [5, 5.41) is 9.26. The van der Waals surface area contributed by atoms with Crippen molar-refractivity contribution in [1.29, 1.82) is 0 Å². The fourth-order valence-corrected chi connectivity index (χ4v) is 2.82. The summed E-state index contributed by atoms with van der Waals surface area (Å²) in [7, 11) is 0. The fourth-order valence-electron chi connectivity index (χ4n) is 2.82. The molecule has 1 amide bonds. The van der Waals surface area contributed by atoms with E-state index in [0.29, 0.717) is 18.8 Å². The third-order valence-corrected chi connectivity index (χ3v) is 4.33. The van der Waals surface area contributed by atoms with Crippen molar-refractivity contribution >= 4 is 11.9 Å². The second-order valence-corrected chi connectivity index (χ2v) is 5.57. The van der Waals surface area contributed by atoms with E-state index < -0.39 is 11.4 Å². The summed E-state index contributed by atoms with van der Waals surface area (Å²) < 4.78 is 0. The van der Waals surface area contributed by atoms with Gasteiger partial charge in [0.05, 0.1) is 0 Å². The molecule has 1 N–H and O–H groups in total. The van der Waals surface area contributed by atoms with Crippen LogP contribution in [-0.2, 0) is 9.59 Å². The van der Waals surface area contributed by atoms with E-state index in [9.17, 15) is 14.7 Å². The minimum absolute atomic E-state index is 0.134. The van der Waals surface area contributed by atoms with E-state index in [2.05, 4.69) is 6.92 Å². The van der Waals surface area contributed by atoms with Crippen LogP contribution in [0.15, 0.2) is 0 Å². The molecule has 17 heavy (non-hydrogen) atoms. The molecule has 0 aromatic rings. The van der Waals surface area contributed by atoms with Gasteiger partial charge in [-0.1, -0.05) is 13.3 Å². The Balaban J connectivity index is 2.06. The van der Waals surface area contributed by atoms with Crippen LogP contribution in [0.25, 0.3) is 0 Å². The van der Waals surface area contributed by atoms with Crippen molar-refractivity contribution in [3.63, 3.8) is 0 Å². The summed E-state index contributed by atoms with van der Waals surface area (Å²) in [4.78, 5) is 25.4. The monoisotopic (exact) mass is 239 g/mol. The fraction of sp³-hybridized carbons (Fsp3) is 0.846. The van der Waals surface area contributed by atoms with Crippen LogP contribution in [0.2, 0.25) is 0 Å². The smallest absolute Gasteiger partial charge is 0.319 e. The van der Waals surface area contributed by atoms with Crippen LogP contribution in [0.5, 0.6) is 0 Å². The van der Waals surface area contributed by atoms with E-state index in [1.165, 1.54) is 0 Å². The highest BCUT2D eigenvalue weighted by atomic mass is 16.4. The summed E-state index contributed by atoms with van der Waals surface area (Å²) in [6.07, 6.45) is 5.05. The summed E-state index contributed by atoms with van der Waals surface area (Å²) in [5.41, 5.74) is -1.08. The van der Waals surface area contributed by atoms with Crippen molar-refractivity contribution in [1.82, 2.24) is 4.90 Å². The summed E-state index contributed by atoms with van der Waals surface area (Å²) in [6, 6.07) is 0. The van der Waals surface area contributed by atoms with Gasteiger partial charge in [-0.15, -0.1) is 0 Å². The summed E-state index contributed by atoms with van der Waals surface area (Å²) in [5.74, 6) is -0.411. The number of nitrogens with zero attached hydrogens (tertiary/aromatic N) is 1. The third-order valence-electron chi connectivity index (χ3n) is 4.33. The first kappa shape index (κ1) is 12.4. The third kappa shape index (κ3) is 2.17. The molecule has 4 heteroatoms. The van der Waals surface area contributed by atoms with Gasteiger partial charge >= 0.3 is 5.97 Å². The molecule has 1 aliphatic heterocycles. The first-order valence-corrected chi connectivity index (χ1v) is 6.59. The Kier molecular flexibility index (Phi) is 3.40. The van der Waals surface area contributed by atoms with Gasteiger partial charge in [-0.2, -0.15) is 0 Å². The van der Waals surface area contributed by atoms with Crippen LogP contribution in [0.3, 0.4) is 0 Å². The summed E-state index contributed by atoms with van der Waals surface area (Å²) >= 11 is 0. The van der Waals surface area contributed by atoms with Crippen LogP contribution in [0.1, 0.15) is 45.4 Å². The maximum atomic E-state index is 12.3. The Labute approximate surface area is 102 Å². The van der Waals surface area contributed by atoms with Gasteiger partial charge in [0.15, 0.2) is 0 Å². The van der Waals surface area contributed by atoms with Gasteiger partial charge in [-0.25, -0.2) is 0 Å². The standard InChI is InChI=1S/C13H21NO3/c1-10-4-2-8-14(9-5-10)11(15)13(12(16)17)6-3-7-13/h10H,2-9H2,1H3,(H,16,17). The van der Waals surface area contributed by atoms with Gasteiger partial charge in [-0.05, 0) is 38.0 Å². The molecule has 0 spiro atoms. The number of rotatable bonds is 2. The van der Waals surface area contributed by atoms with Gasteiger partial charge in [0.1, 0.15) is 5.41 Å². The van der Waals surface area contributed by atoms with Crippen molar-refractivity contribution in [2.75, 3.05) is 13.1 Å². The van der Waals surface area contributed by atoms with Crippen molar-refractivity contribution in [3.8, 4) is 0 Å². The number of aliphatic carboxylic acids is 1. The van der Waals surface area contributed by atoms with E-state index in [4.69, 9.17) is 0 Å². The Morgan fingerprint density at radius 3 is 2.41 bits per heavy atom. The van der Waals surface area contributed by atoms with Crippen LogP contribution in [-0.4, -0.2) is 35.0 Å². The van der Waals surface area contributed by atoms with Crippen molar-refractivity contribution in [2.24, 2.45) is 11.3 Å². The van der Waals surface area contributed by atoms with Gasteiger partial charge < -0.3 is 10.0 Å². The van der Waals surface area contributed by atoms with Crippen LogP contribution < -0.4 is 0 Å². The zero-order valence-electron chi connectivity index (χ0n) is 10.4. The highest BCUT2D eigenvalue weighted by molar-refractivity contribution is 6.02. The summed E-state index contributed by atoms with van der Waals surface area (Å²) in [6.45, 7) is 3.66. The number of carbonyl (C=O) groups is 2. The van der Waals surface area contributed by atoms with E-state index in [-0.39, 0.29) is 5.91 Å². The molecule has 0 bridgehead atoms. The minimum atomic E-state index is -1.08. The molecular weight excluding hydrogens is 218 g/mol. The lowest BCUT2D eigenvalue weighted by molar-refractivity contribution is -0.167. The molecule has 1 heterocycles. The second kappa shape index (κ2) is 4.67. The van der Waals surface area contributed by atoms with Crippen molar-refractivity contribution in [2.45, 2.75) is 45.4 Å². The lowest BCUT2D eigenvalue weighted by Gasteiger charge is -2.39. The van der Waals surface area contributed by atoms with E-state index in [1.807, 2.05) is 0 Å². The number of hydrogen-bond donors (Lipinski definition) is 1. The van der Waals surface area contributed by atoms with E-state index >= 15 is 0 Å². The van der Waals surface area contributed by atoms with E-state index in [1.54, 1.807) is 4.90 Å². The van der Waals surface area contributed by atoms with Gasteiger partial charge in [-0.3, -0.25) is 9.59 Å². The quantitative estimate of drug-likeness (QED) is 0.749. The highest BCUT2D eigenvalue weighted by Crippen LogP contribution is 2.43. The first-order valence-electron chi connectivity index (χ1n) is 6.59. The Morgan fingerprint density at radius 1 is 1.18 bits per heavy atom. The zero-order chi connectivity index (χ0) is 12.5. The largest absolute Gasteiger partial charge is 0.480 e. The molecule has 1 atom stereocenters. The average Bonchev–Trinajstić information content (AvgIpc) is 2.40. The molecule has 0 aromatic carbocycles. The Hall–Kier alpha value is -1.06. The molecule has 2 rings (SSSR count). The molecule has 1 saturated heterocycles. The zero-order valence-corrected chi connectivity index (χ0v) is 10.4. The predicted molar refractivity (Wildman–Crippen MR) is 63.5 cm³/mol. The first-order chi connectivity index (χ1) is 8.06. The number of likely N-dealkylation sites (tertiary alicyclic amines) is 1. The molecular formula is C13H21NO3. The number of hydrogen-bond acceptors (Lipinski definition) is 2. The van der Waals surface area contributed by atoms with E-state index in [0.717, 1.165) is 38.8 Å². The molecule has 2 aliphatic rings. The van der Waals surface area contributed by atoms with Crippen molar-refractivity contribution in [3.05, 3.63) is 0 Å². The maximum Gasteiger partial charge on any atom is 0.319 e. The van der Waals surface area contributed by atoms with Gasteiger partial charge in [0.25, 0.3) is 0 Å². The maximum absolute atomic E-state index is 12.3. The number of carbonyl (C=O) groups excluding carboxylic acids is 1. The highest BCUT2D eigenvalue weighted by Gasteiger charge is 2.52. The predicted octanol–water partition coefficient (Wildman–Crippen LogP) is 1.89. The second-order valence-electron chi connectivity index (χ2n) is 5.57. The Morgan fingerprint density at radius 2 is 1.88 bits per heavy atom. The molecule has 1 aliphatic carbocycles. The minimum Gasteiger partial charge on any atom is -0.480 e. The number of carboxylic acid groups (broad SMARTS) is 1. The molecule has 96 valence electrons. The average molecular weight is 239 g/mol. The van der Waals surface area contributed by atoms with Crippen molar-refractivity contribution < 1.29 is 14.7 Å². The number of amides is 1. The molecule has 1 saturated carbocycles. The topological polar surface area (TPSA) is 57.6 Å².